The Kier molecular flexibility index (Phi) is 9.31. The minimum absolute atomic E-state index is 0. The summed E-state index contributed by atoms with van der Waals surface area (Å²) in [5.41, 5.74) is 0.747. The lowest BCUT2D eigenvalue weighted by Crippen LogP contribution is -2.40. The van der Waals surface area contributed by atoms with Crippen molar-refractivity contribution in [3.63, 3.8) is 0 Å². The highest BCUT2D eigenvalue weighted by molar-refractivity contribution is 14.0. The molecule has 7 heteroatoms. The lowest BCUT2D eigenvalue weighted by atomic mass is 10.1. The Hall–Kier alpha value is -1.12. The minimum atomic E-state index is -0.798. The maximum absolute atomic E-state index is 13.3. The molecule has 1 aliphatic rings. The van der Waals surface area contributed by atoms with Crippen LogP contribution in [0.2, 0.25) is 0 Å². The summed E-state index contributed by atoms with van der Waals surface area (Å²) in [6, 6.07) is 4.10. The highest BCUT2D eigenvalue weighted by atomic mass is 127. The summed E-state index contributed by atoms with van der Waals surface area (Å²) < 4.78 is 26.4. The maximum atomic E-state index is 13.3. The van der Waals surface area contributed by atoms with E-state index in [0.717, 1.165) is 57.1 Å². The number of rotatable bonds is 6. The van der Waals surface area contributed by atoms with Gasteiger partial charge in [0, 0.05) is 45.0 Å². The molecular weight excluding hydrogens is 425 g/mol. The lowest BCUT2D eigenvalue weighted by molar-refractivity contribution is 0.508. The van der Waals surface area contributed by atoms with Gasteiger partial charge in [0.2, 0.25) is 0 Å². The van der Waals surface area contributed by atoms with Crippen molar-refractivity contribution < 1.29 is 8.78 Å². The van der Waals surface area contributed by atoms with Crippen LogP contribution < -0.4 is 15.5 Å². The Labute approximate surface area is 160 Å². The number of aliphatic imine (C=N–C) groups is 1. The molecule has 1 heterocycles. The monoisotopic (exact) mass is 452 g/mol. The fraction of sp³-hybridized carbons (Fsp3) is 0.588. The summed E-state index contributed by atoms with van der Waals surface area (Å²) in [5.74, 6) is -0.296. The molecule has 136 valence electrons. The predicted octanol–water partition coefficient (Wildman–Crippen LogP) is 3.37. The van der Waals surface area contributed by atoms with Gasteiger partial charge in [-0.2, -0.15) is 0 Å². The molecule has 1 aliphatic heterocycles. The van der Waals surface area contributed by atoms with Crippen molar-refractivity contribution >= 4 is 35.6 Å². The first kappa shape index (κ1) is 20.9. The number of hydrogen-bond acceptors (Lipinski definition) is 2. The third-order valence-electron chi connectivity index (χ3n) is 4.16. The summed E-state index contributed by atoms with van der Waals surface area (Å²) in [6.45, 7) is 5.60. The van der Waals surface area contributed by atoms with Gasteiger partial charge in [-0.1, -0.05) is 13.3 Å². The van der Waals surface area contributed by atoms with E-state index >= 15 is 0 Å². The second-order valence-corrected chi connectivity index (χ2v) is 5.93. The van der Waals surface area contributed by atoms with Gasteiger partial charge in [-0.05, 0) is 30.9 Å². The van der Waals surface area contributed by atoms with Gasteiger partial charge in [0.25, 0.3) is 0 Å². The number of hydrogen-bond donors (Lipinski definition) is 2. The number of guanidine groups is 1. The maximum Gasteiger partial charge on any atom is 0.190 e. The van der Waals surface area contributed by atoms with Crippen LogP contribution >= 0.6 is 24.0 Å². The molecular formula is C17H27F2IN4. The fourth-order valence-electron chi connectivity index (χ4n) is 2.76. The second-order valence-electron chi connectivity index (χ2n) is 5.93. The molecule has 1 aromatic rings. The van der Waals surface area contributed by atoms with E-state index in [0.29, 0.717) is 5.92 Å². The van der Waals surface area contributed by atoms with E-state index < -0.39 is 11.6 Å². The molecule has 0 saturated carbocycles. The van der Waals surface area contributed by atoms with E-state index in [1.54, 1.807) is 13.1 Å². The van der Waals surface area contributed by atoms with Crippen LogP contribution in [-0.2, 0) is 0 Å². The summed E-state index contributed by atoms with van der Waals surface area (Å²) in [6.07, 6.45) is 3.29. The smallest absolute Gasteiger partial charge is 0.190 e. The summed E-state index contributed by atoms with van der Waals surface area (Å²) in [5, 5.41) is 6.63. The van der Waals surface area contributed by atoms with E-state index in [1.165, 1.54) is 12.1 Å². The Bertz CT molecular complexity index is 539. The van der Waals surface area contributed by atoms with Crippen molar-refractivity contribution in [2.45, 2.75) is 26.2 Å². The van der Waals surface area contributed by atoms with Gasteiger partial charge in [-0.15, -0.1) is 24.0 Å². The number of halogens is 3. The molecule has 1 aromatic carbocycles. The predicted molar refractivity (Wildman–Crippen MR) is 106 cm³/mol. The molecule has 2 N–H and O–H groups in total. The number of benzene rings is 1. The Morgan fingerprint density at radius 2 is 2.08 bits per heavy atom. The third kappa shape index (κ3) is 6.07. The van der Waals surface area contributed by atoms with Gasteiger partial charge in [-0.3, -0.25) is 4.99 Å². The molecule has 0 spiro atoms. The summed E-state index contributed by atoms with van der Waals surface area (Å²) >= 11 is 0. The first-order chi connectivity index (χ1) is 11.1. The average molecular weight is 452 g/mol. The van der Waals surface area contributed by atoms with Crippen LogP contribution in [0.5, 0.6) is 0 Å². The van der Waals surface area contributed by atoms with Crippen molar-refractivity contribution in [3.8, 4) is 0 Å². The van der Waals surface area contributed by atoms with Crippen molar-refractivity contribution in [1.82, 2.24) is 10.6 Å². The summed E-state index contributed by atoms with van der Waals surface area (Å²) in [4.78, 5) is 6.31. The zero-order valence-electron chi connectivity index (χ0n) is 14.3. The molecule has 0 bridgehead atoms. The molecule has 1 saturated heterocycles. The van der Waals surface area contributed by atoms with Crippen molar-refractivity contribution in [1.29, 1.82) is 0 Å². The van der Waals surface area contributed by atoms with Gasteiger partial charge >= 0.3 is 0 Å². The van der Waals surface area contributed by atoms with Crippen LogP contribution in [0.25, 0.3) is 0 Å². The topological polar surface area (TPSA) is 39.7 Å². The van der Waals surface area contributed by atoms with Gasteiger partial charge in [0.1, 0.15) is 0 Å². The van der Waals surface area contributed by atoms with Crippen molar-refractivity contribution in [3.05, 3.63) is 29.8 Å². The van der Waals surface area contributed by atoms with Crippen molar-refractivity contribution in [2.24, 2.45) is 10.9 Å². The molecule has 24 heavy (non-hydrogen) atoms. The quantitative estimate of drug-likeness (QED) is 0.301. The number of unbranched alkanes of at least 4 members (excludes halogenated alkanes) is 1. The highest BCUT2D eigenvalue weighted by Crippen LogP contribution is 2.24. The van der Waals surface area contributed by atoms with Gasteiger partial charge in [-0.25, -0.2) is 8.78 Å². The molecule has 0 radical (unpaired) electrons. The second kappa shape index (κ2) is 10.7. The standard InChI is InChI=1S/C17H26F2N4.HI/c1-3-4-8-21-17(20-2)22-11-13-7-9-23(12-13)14-5-6-15(18)16(19)10-14;/h5-6,10,13H,3-4,7-9,11-12H2,1-2H3,(H2,20,21,22);1H. The van der Waals surface area contributed by atoms with Gasteiger partial charge in [0.05, 0.1) is 0 Å². The molecule has 0 aliphatic carbocycles. The molecule has 0 amide bonds. The molecule has 2 rings (SSSR count). The first-order valence-electron chi connectivity index (χ1n) is 8.28. The van der Waals surface area contributed by atoms with Gasteiger partial charge < -0.3 is 15.5 Å². The lowest BCUT2D eigenvalue weighted by Gasteiger charge is -2.19. The Balaban J connectivity index is 0.00000288. The molecule has 1 unspecified atom stereocenters. The number of nitrogens with one attached hydrogen (secondary N) is 2. The van der Waals surface area contributed by atoms with Crippen LogP contribution in [0.3, 0.4) is 0 Å². The Morgan fingerprint density at radius 3 is 2.75 bits per heavy atom. The Morgan fingerprint density at radius 1 is 1.29 bits per heavy atom. The molecule has 0 aromatic heterocycles. The fourth-order valence-corrected chi connectivity index (χ4v) is 2.76. The zero-order valence-corrected chi connectivity index (χ0v) is 16.6. The van der Waals surface area contributed by atoms with Gasteiger partial charge in [0.15, 0.2) is 17.6 Å². The van der Waals surface area contributed by atoms with Crippen LogP contribution in [-0.4, -0.2) is 39.2 Å². The molecule has 4 nitrogen and oxygen atoms in total. The van der Waals surface area contributed by atoms with E-state index in [4.69, 9.17) is 0 Å². The zero-order chi connectivity index (χ0) is 16.7. The minimum Gasteiger partial charge on any atom is -0.371 e. The van der Waals surface area contributed by atoms with Crippen LogP contribution in [0.4, 0.5) is 14.5 Å². The molecule has 1 fully saturated rings. The molecule has 1 atom stereocenters. The highest BCUT2D eigenvalue weighted by Gasteiger charge is 2.23. The van der Waals surface area contributed by atoms with Crippen LogP contribution in [0.15, 0.2) is 23.2 Å². The number of nitrogens with zero attached hydrogens (tertiary/aromatic N) is 2. The summed E-state index contributed by atoms with van der Waals surface area (Å²) in [7, 11) is 1.77. The first-order valence-corrected chi connectivity index (χ1v) is 8.28. The largest absolute Gasteiger partial charge is 0.371 e. The van der Waals surface area contributed by atoms with E-state index in [1.807, 2.05) is 0 Å². The number of anilines is 1. The normalized spacial score (nSPS) is 17.6. The van der Waals surface area contributed by atoms with E-state index in [2.05, 4.69) is 27.4 Å². The van der Waals surface area contributed by atoms with Crippen LogP contribution in [0, 0.1) is 17.6 Å². The van der Waals surface area contributed by atoms with E-state index in [-0.39, 0.29) is 24.0 Å². The van der Waals surface area contributed by atoms with Crippen molar-refractivity contribution in [2.75, 3.05) is 38.1 Å². The SMILES string of the molecule is CCCCNC(=NC)NCC1CCN(c2ccc(F)c(F)c2)C1.I. The third-order valence-corrected chi connectivity index (χ3v) is 4.16. The van der Waals surface area contributed by atoms with Crippen LogP contribution in [0.1, 0.15) is 26.2 Å². The van der Waals surface area contributed by atoms with E-state index in [9.17, 15) is 8.78 Å². The average Bonchev–Trinajstić information content (AvgIpc) is 3.02.